The Hall–Kier alpha value is -2.76. The van der Waals surface area contributed by atoms with E-state index >= 15 is 0 Å². The standard InChI is InChI=1S/C15H11F2N3O/c1-9-8-20-5-4-10(6-14(20)18-9)15(21)19-13-3-2-11(16)7-12(13)17/h2-8H,1H3,(H,19,21). The number of imidazole rings is 1. The Morgan fingerprint density at radius 3 is 2.81 bits per heavy atom. The van der Waals surface area contributed by atoms with Crippen molar-refractivity contribution in [3.05, 3.63) is 65.6 Å². The van der Waals surface area contributed by atoms with Crippen molar-refractivity contribution in [1.29, 1.82) is 0 Å². The number of pyridine rings is 1. The first-order valence-corrected chi connectivity index (χ1v) is 6.25. The third-order valence-electron chi connectivity index (χ3n) is 3.02. The van der Waals surface area contributed by atoms with Crippen molar-refractivity contribution in [2.45, 2.75) is 6.92 Å². The minimum Gasteiger partial charge on any atom is -0.319 e. The molecule has 0 fully saturated rings. The fourth-order valence-electron chi connectivity index (χ4n) is 2.04. The molecule has 0 aliphatic carbocycles. The SMILES string of the molecule is Cc1cn2ccc(C(=O)Nc3ccc(F)cc3F)cc2n1. The Morgan fingerprint density at radius 1 is 1.24 bits per heavy atom. The third kappa shape index (κ3) is 2.60. The zero-order valence-corrected chi connectivity index (χ0v) is 11.1. The summed E-state index contributed by atoms with van der Waals surface area (Å²) in [6, 6.07) is 6.19. The number of halogens is 2. The average molecular weight is 287 g/mol. The van der Waals surface area contributed by atoms with Crippen LogP contribution in [0.25, 0.3) is 5.65 Å². The molecule has 1 amide bonds. The molecule has 0 saturated carbocycles. The second-order valence-electron chi connectivity index (χ2n) is 4.64. The molecule has 6 heteroatoms. The fraction of sp³-hybridized carbons (Fsp3) is 0.0667. The van der Waals surface area contributed by atoms with E-state index in [0.29, 0.717) is 11.2 Å². The Labute approximate surface area is 119 Å². The van der Waals surface area contributed by atoms with Crippen LogP contribution in [0.2, 0.25) is 0 Å². The Morgan fingerprint density at radius 2 is 2.05 bits per heavy atom. The lowest BCUT2D eigenvalue weighted by Gasteiger charge is -2.06. The van der Waals surface area contributed by atoms with Crippen molar-refractivity contribution in [2.75, 3.05) is 5.32 Å². The monoisotopic (exact) mass is 287 g/mol. The van der Waals surface area contributed by atoms with Crippen LogP contribution in [0.15, 0.2) is 42.7 Å². The maximum absolute atomic E-state index is 13.5. The number of nitrogens with zero attached hydrogens (tertiary/aromatic N) is 2. The molecule has 106 valence electrons. The molecular formula is C15H11F2N3O. The molecule has 0 unspecified atom stereocenters. The highest BCUT2D eigenvalue weighted by molar-refractivity contribution is 6.04. The molecule has 0 radical (unpaired) electrons. The van der Waals surface area contributed by atoms with Gasteiger partial charge in [-0.1, -0.05) is 0 Å². The van der Waals surface area contributed by atoms with E-state index in [1.807, 2.05) is 13.1 Å². The van der Waals surface area contributed by atoms with Crippen molar-refractivity contribution < 1.29 is 13.6 Å². The van der Waals surface area contributed by atoms with E-state index in [2.05, 4.69) is 10.3 Å². The molecule has 21 heavy (non-hydrogen) atoms. The van der Waals surface area contributed by atoms with Crippen LogP contribution in [-0.2, 0) is 0 Å². The molecule has 3 aromatic rings. The van der Waals surface area contributed by atoms with E-state index in [1.54, 1.807) is 22.7 Å². The van der Waals surface area contributed by atoms with Crippen LogP contribution in [0.5, 0.6) is 0 Å². The number of hydrogen-bond acceptors (Lipinski definition) is 2. The van der Waals surface area contributed by atoms with E-state index in [1.165, 1.54) is 6.07 Å². The second-order valence-corrected chi connectivity index (χ2v) is 4.64. The van der Waals surface area contributed by atoms with Gasteiger partial charge in [0, 0.05) is 24.0 Å². The number of benzene rings is 1. The summed E-state index contributed by atoms with van der Waals surface area (Å²) in [6.45, 7) is 1.85. The Balaban J connectivity index is 1.89. The largest absolute Gasteiger partial charge is 0.319 e. The van der Waals surface area contributed by atoms with E-state index in [9.17, 15) is 13.6 Å². The van der Waals surface area contributed by atoms with Gasteiger partial charge in [0.15, 0.2) is 0 Å². The minimum absolute atomic E-state index is 0.0687. The number of anilines is 1. The van der Waals surface area contributed by atoms with Crippen LogP contribution in [0.1, 0.15) is 16.1 Å². The molecule has 0 atom stereocenters. The Bertz CT molecular complexity index is 842. The van der Waals surface area contributed by atoms with Crippen LogP contribution in [0.3, 0.4) is 0 Å². The van der Waals surface area contributed by atoms with Crippen molar-refractivity contribution in [1.82, 2.24) is 9.38 Å². The average Bonchev–Trinajstić information content (AvgIpc) is 2.80. The van der Waals surface area contributed by atoms with E-state index in [0.717, 1.165) is 17.8 Å². The molecular weight excluding hydrogens is 276 g/mol. The van der Waals surface area contributed by atoms with Crippen LogP contribution in [0.4, 0.5) is 14.5 Å². The molecule has 2 aromatic heterocycles. The lowest BCUT2D eigenvalue weighted by atomic mass is 10.2. The van der Waals surface area contributed by atoms with Gasteiger partial charge in [0.25, 0.3) is 5.91 Å². The molecule has 4 nitrogen and oxygen atoms in total. The highest BCUT2D eigenvalue weighted by atomic mass is 19.1. The quantitative estimate of drug-likeness (QED) is 0.787. The molecule has 1 N–H and O–H groups in total. The number of rotatable bonds is 2. The zero-order chi connectivity index (χ0) is 15.0. The van der Waals surface area contributed by atoms with E-state index in [4.69, 9.17) is 0 Å². The number of carbonyl (C=O) groups excluding carboxylic acids is 1. The normalized spacial score (nSPS) is 10.8. The molecule has 2 heterocycles. The number of aryl methyl sites for hydroxylation is 1. The highest BCUT2D eigenvalue weighted by Crippen LogP contribution is 2.16. The number of amides is 1. The summed E-state index contributed by atoms with van der Waals surface area (Å²) in [5.41, 5.74) is 1.73. The van der Waals surface area contributed by atoms with Gasteiger partial charge in [-0.15, -0.1) is 0 Å². The van der Waals surface area contributed by atoms with Gasteiger partial charge in [-0.3, -0.25) is 4.79 Å². The van der Waals surface area contributed by atoms with Crippen LogP contribution in [0, 0.1) is 18.6 Å². The number of hydrogen-bond donors (Lipinski definition) is 1. The predicted molar refractivity (Wildman–Crippen MR) is 74.2 cm³/mol. The van der Waals surface area contributed by atoms with Crippen LogP contribution < -0.4 is 5.32 Å². The second kappa shape index (κ2) is 4.97. The van der Waals surface area contributed by atoms with Gasteiger partial charge in [-0.25, -0.2) is 13.8 Å². The molecule has 1 aromatic carbocycles. The maximum atomic E-state index is 13.5. The summed E-state index contributed by atoms with van der Waals surface area (Å²) in [6.07, 6.45) is 3.53. The van der Waals surface area contributed by atoms with Gasteiger partial charge in [0.2, 0.25) is 0 Å². The number of nitrogens with one attached hydrogen (secondary N) is 1. The minimum atomic E-state index is -0.818. The van der Waals surface area contributed by atoms with Crippen molar-refractivity contribution >= 4 is 17.2 Å². The first-order valence-electron chi connectivity index (χ1n) is 6.25. The third-order valence-corrected chi connectivity index (χ3v) is 3.02. The summed E-state index contributed by atoms with van der Waals surface area (Å²) in [4.78, 5) is 16.3. The lowest BCUT2D eigenvalue weighted by Crippen LogP contribution is -2.13. The molecule has 0 spiro atoms. The van der Waals surface area contributed by atoms with Gasteiger partial charge in [-0.2, -0.15) is 0 Å². The van der Waals surface area contributed by atoms with Crippen LogP contribution >= 0.6 is 0 Å². The number of aromatic nitrogens is 2. The lowest BCUT2D eigenvalue weighted by molar-refractivity contribution is 0.102. The summed E-state index contributed by atoms with van der Waals surface area (Å²) in [5.74, 6) is -2.00. The van der Waals surface area contributed by atoms with Gasteiger partial charge < -0.3 is 9.72 Å². The zero-order valence-electron chi connectivity index (χ0n) is 11.1. The highest BCUT2D eigenvalue weighted by Gasteiger charge is 2.11. The van der Waals surface area contributed by atoms with Crippen molar-refractivity contribution in [3.8, 4) is 0 Å². The fourth-order valence-corrected chi connectivity index (χ4v) is 2.04. The summed E-state index contributed by atoms with van der Waals surface area (Å²) < 4.78 is 28.1. The molecule has 3 rings (SSSR count). The number of carbonyl (C=O) groups is 1. The molecule has 0 aliphatic rings. The molecule has 0 bridgehead atoms. The van der Waals surface area contributed by atoms with Gasteiger partial charge >= 0.3 is 0 Å². The summed E-state index contributed by atoms with van der Waals surface area (Å²) in [7, 11) is 0. The number of fused-ring (bicyclic) bond motifs is 1. The van der Waals surface area contributed by atoms with Crippen molar-refractivity contribution in [3.63, 3.8) is 0 Å². The maximum Gasteiger partial charge on any atom is 0.255 e. The van der Waals surface area contributed by atoms with Gasteiger partial charge in [-0.05, 0) is 31.2 Å². The first-order chi connectivity index (χ1) is 10.0. The van der Waals surface area contributed by atoms with E-state index in [-0.39, 0.29) is 5.69 Å². The molecule has 0 saturated heterocycles. The first kappa shape index (κ1) is 13.2. The Kier molecular flexibility index (Phi) is 3.13. The van der Waals surface area contributed by atoms with E-state index < -0.39 is 17.5 Å². The van der Waals surface area contributed by atoms with Crippen molar-refractivity contribution in [2.24, 2.45) is 0 Å². The smallest absolute Gasteiger partial charge is 0.255 e. The van der Waals surface area contributed by atoms with Gasteiger partial charge in [0.1, 0.15) is 17.3 Å². The molecule has 0 aliphatic heterocycles. The summed E-state index contributed by atoms with van der Waals surface area (Å²) >= 11 is 0. The summed E-state index contributed by atoms with van der Waals surface area (Å²) in [5, 5.41) is 2.41. The predicted octanol–water partition coefficient (Wildman–Crippen LogP) is 3.17. The van der Waals surface area contributed by atoms with Crippen LogP contribution in [-0.4, -0.2) is 15.3 Å². The van der Waals surface area contributed by atoms with Gasteiger partial charge in [0.05, 0.1) is 11.4 Å². The topological polar surface area (TPSA) is 46.4 Å².